The van der Waals surface area contributed by atoms with Crippen LogP contribution in [-0.4, -0.2) is 11.8 Å². The third kappa shape index (κ3) is 3.60. The standard InChI is InChI=1S/C20H17FO4/c1-20(2,3)19(23)24-14-8-9-15-16(11-14)25-17(18(15)22)10-12-4-6-13(21)7-5-12/h4-11H,1-3H3. The molecular weight excluding hydrogens is 323 g/mol. The van der Waals surface area contributed by atoms with E-state index in [1.54, 1.807) is 51.1 Å². The number of hydrogen-bond donors (Lipinski definition) is 0. The normalized spacial score (nSPS) is 15.0. The molecule has 5 heteroatoms. The Morgan fingerprint density at radius 1 is 1.12 bits per heavy atom. The maximum atomic E-state index is 13.0. The fraction of sp³-hybridized carbons (Fsp3) is 0.200. The molecule has 0 atom stereocenters. The quantitative estimate of drug-likeness (QED) is 0.462. The number of rotatable bonds is 2. The first kappa shape index (κ1) is 16.9. The van der Waals surface area contributed by atoms with Gasteiger partial charge in [-0.1, -0.05) is 12.1 Å². The summed E-state index contributed by atoms with van der Waals surface area (Å²) in [5.74, 6) is -0.214. The first-order chi connectivity index (χ1) is 11.7. The van der Waals surface area contributed by atoms with Gasteiger partial charge < -0.3 is 9.47 Å². The number of carbonyl (C=O) groups excluding carboxylic acids is 2. The molecule has 0 spiro atoms. The summed E-state index contributed by atoms with van der Waals surface area (Å²) in [6.45, 7) is 5.27. The average Bonchev–Trinajstić information content (AvgIpc) is 2.84. The molecule has 25 heavy (non-hydrogen) atoms. The fourth-order valence-electron chi connectivity index (χ4n) is 2.20. The van der Waals surface area contributed by atoms with Crippen LogP contribution in [0.5, 0.6) is 11.5 Å². The lowest BCUT2D eigenvalue weighted by Gasteiger charge is -2.16. The van der Waals surface area contributed by atoms with Gasteiger partial charge in [-0.3, -0.25) is 9.59 Å². The van der Waals surface area contributed by atoms with Crippen LogP contribution >= 0.6 is 0 Å². The second-order valence-electron chi connectivity index (χ2n) is 6.79. The van der Waals surface area contributed by atoms with Crippen LogP contribution in [-0.2, 0) is 4.79 Å². The van der Waals surface area contributed by atoms with Crippen LogP contribution in [0.3, 0.4) is 0 Å². The second kappa shape index (κ2) is 6.16. The van der Waals surface area contributed by atoms with E-state index >= 15 is 0 Å². The number of halogens is 1. The molecule has 0 unspecified atom stereocenters. The molecule has 0 bridgehead atoms. The molecule has 0 aliphatic carbocycles. The third-order valence-electron chi connectivity index (χ3n) is 3.63. The van der Waals surface area contributed by atoms with Crippen molar-refractivity contribution in [3.05, 3.63) is 65.2 Å². The van der Waals surface area contributed by atoms with Gasteiger partial charge in [0.2, 0.25) is 5.78 Å². The molecule has 2 aromatic carbocycles. The van der Waals surface area contributed by atoms with Gasteiger partial charge in [0, 0.05) is 6.07 Å². The summed E-state index contributed by atoms with van der Waals surface area (Å²) in [6.07, 6.45) is 1.54. The molecule has 2 aromatic rings. The van der Waals surface area contributed by atoms with Gasteiger partial charge in [-0.2, -0.15) is 0 Å². The largest absolute Gasteiger partial charge is 0.452 e. The van der Waals surface area contributed by atoms with Crippen molar-refractivity contribution in [1.82, 2.24) is 0 Å². The molecule has 4 nitrogen and oxygen atoms in total. The van der Waals surface area contributed by atoms with Crippen LogP contribution in [0.15, 0.2) is 48.2 Å². The van der Waals surface area contributed by atoms with Crippen LogP contribution in [0.2, 0.25) is 0 Å². The zero-order valence-electron chi connectivity index (χ0n) is 14.1. The van der Waals surface area contributed by atoms with E-state index in [9.17, 15) is 14.0 Å². The van der Waals surface area contributed by atoms with Crippen LogP contribution < -0.4 is 9.47 Å². The van der Waals surface area contributed by atoms with E-state index in [0.717, 1.165) is 0 Å². The van der Waals surface area contributed by atoms with Crippen molar-refractivity contribution < 1.29 is 23.5 Å². The van der Waals surface area contributed by atoms with Crippen molar-refractivity contribution in [3.8, 4) is 11.5 Å². The van der Waals surface area contributed by atoms with Crippen LogP contribution in [0, 0.1) is 11.2 Å². The zero-order chi connectivity index (χ0) is 18.2. The van der Waals surface area contributed by atoms with Crippen molar-refractivity contribution in [2.75, 3.05) is 0 Å². The van der Waals surface area contributed by atoms with E-state index in [1.165, 1.54) is 18.2 Å². The highest BCUT2D eigenvalue weighted by Gasteiger charge is 2.29. The molecule has 0 N–H and O–H groups in total. The summed E-state index contributed by atoms with van der Waals surface area (Å²) in [4.78, 5) is 24.3. The maximum absolute atomic E-state index is 13.0. The molecule has 0 amide bonds. The molecule has 0 saturated heterocycles. The number of fused-ring (bicyclic) bond motifs is 1. The van der Waals surface area contributed by atoms with E-state index in [1.807, 2.05) is 0 Å². The molecule has 0 radical (unpaired) electrons. The Kier molecular flexibility index (Phi) is 4.17. The van der Waals surface area contributed by atoms with Gasteiger partial charge in [-0.05, 0) is 56.7 Å². The lowest BCUT2D eigenvalue weighted by Crippen LogP contribution is -2.25. The van der Waals surface area contributed by atoms with E-state index in [0.29, 0.717) is 22.6 Å². The molecule has 0 fully saturated rings. The van der Waals surface area contributed by atoms with Gasteiger partial charge in [0.25, 0.3) is 0 Å². The number of carbonyl (C=O) groups is 2. The highest BCUT2D eigenvalue weighted by atomic mass is 19.1. The summed E-state index contributed by atoms with van der Waals surface area (Å²) in [5.41, 5.74) is 0.407. The zero-order valence-corrected chi connectivity index (χ0v) is 14.1. The van der Waals surface area contributed by atoms with Gasteiger partial charge >= 0.3 is 5.97 Å². The van der Waals surface area contributed by atoms with Crippen molar-refractivity contribution in [2.24, 2.45) is 5.41 Å². The third-order valence-corrected chi connectivity index (χ3v) is 3.63. The number of ketones is 1. The summed E-state index contributed by atoms with van der Waals surface area (Å²) in [5, 5.41) is 0. The minimum absolute atomic E-state index is 0.140. The molecule has 0 aromatic heterocycles. The Morgan fingerprint density at radius 3 is 2.44 bits per heavy atom. The summed E-state index contributed by atoms with van der Waals surface area (Å²) in [7, 11) is 0. The monoisotopic (exact) mass is 340 g/mol. The lowest BCUT2D eigenvalue weighted by atomic mass is 9.97. The van der Waals surface area contributed by atoms with E-state index in [2.05, 4.69) is 0 Å². The number of hydrogen-bond acceptors (Lipinski definition) is 4. The number of benzene rings is 2. The highest BCUT2D eigenvalue weighted by molar-refractivity contribution is 6.14. The van der Waals surface area contributed by atoms with Crippen molar-refractivity contribution in [1.29, 1.82) is 0 Å². The van der Waals surface area contributed by atoms with Crippen LogP contribution in [0.25, 0.3) is 6.08 Å². The number of allylic oxidation sites excluding steroid dienone is 1. The van der Waals surface area contributed by atoms with Gasteiger partial charge in [-0.15, -0.1) is 0 Å². The smallest absolute Gasteiger partial charge is 0.316 e. The lowest BCUT2D eigenvalue weighted by molar-refractivity contribution is -0.143. The topological polar surface area (TPSA) is 52.6 Å². The molecule has 1 aliphatic heterocycles. The molecule has 1 heterocycles. The molecule has 1 aliphatic rings. The molecule has 3 rings (SSSR count). The Bertz CT molecular complexity index is 874. The predicted molar refractivity (Wildman–Crippen MR) is 90.9 cm³/mol. The Hall–Kier alpha value is -2.95. The predicted octanol–water partition coefficient (Wildman–Crippen LogP) is 4.39. The Labute approximate surface area is 144 Å². The molecule has 0 saturated carbocycles. The second-order valence-corrected chi connectivity index (χ2v) is 6.79. The van der Waals surface area contributed by atoms with Crippen molar-refractivity contribution in [3.63, 3.8) is 0 Å². The summed E-state index contributed by atoms with van der Waals surface area (Å²) in [6, 6.07) is 10.4. The van der Waals surface area contributed by atoms with Crippen molar-refractivity contribution >= 4 is 17.8 Å². The molecule has 128 valence electrons. The SMILES string of the molecule is CC(C)(C)C(=O)Oc1ccc2c(c1)OC(=Cc1ccc(F)cc1)C2=O. The van der Waals surface area contributed by atoms with Crippen molar-refractivity contribution in [2.45, 2.75) is 20.8 Å². The fourth-order valence-corrected chi connectivity index (χ4v) is 2.20. The summed E-state index contributed by atoms with van der Waals surface area (Å²) >= 11 is 0. The Balaban J connectivity index is 1.84. The van der Waals surface area contributed by atoms with E-state index < -0.39 is 5.41 Å². The maximum Gasteiger partial charge on any atom is 0.316 e. The number of Topliss-reactive ketones (excluding diaryl/α,β-unsaturated/α-hetero) is 1. The summed E-state index contributed by atoms with van der Waals surface area (Å²) < 4.78 is 23.9. The minimum Gasteiger partial charge on any atom is -0.452 e. The minimum atomic E-state index is -0.636. The first-order valence-corrected chi connectivity index (χ1v) is 7.80. The average molecular weight is 340 g/mol. The van der Waals surface area contributed by atoms with Gasteiger partial charge in [0.15, 0.2) is 5.76 Å². The van der Waals surface area contributed by atoms with Gasteiger partial charge in [0.05, 0.1) is 11.0 Å². The van der Waals surface area contributed by atoms with Gasteiger partial charge in [0.1, 0.15) is 17.3 Å². The molecular formula is C20H17FO4. The van der Waals surface area contributed by atoms with Gasteiger partial charge in [-0.25, -0.2) is 4.39 Å². The highest BCUT2D eigenvalue weighted by Crippen LogP contribution is 2.35. The Morgan fingerprint density at radius 2 is 1.80 bits per heavy atom. The van der Waals surface area contributed by atoms with E-state index in [-0.39, 0.29) is 23.3 Å². The van der Waals surface area contributed by atoms with Crippen LogP contribution in [0.4, 0.5) is 4.39 Å². The number of ether oxygens (including phenoxy) is 2. The first-order valence-electron chi connectivity index (χ1n) is 7.80. The van der Waals surface area contributed by atoms with E-state index in [4.69, 9.17) is 9.47 Å². The number of esters is 1. The van der Waals surface area contributed by atoms with Crippen LogP contribution in [0.1, 0.15) is 36.7 Å².